The fourth-order valence-electron chi connectivity index (χ4n) is 1.16. The summed E-state index contributed by atoms with van der Waals surface area (Å²) in [5, 5.41) is 0. The van der Waals surface area contributed by atoms with E-state index in [0.29, 0.717) is 0 Å². The van der Waals surface area contributed by atoms with Gasteiger partial charge in [0.15, 0.2) is 0 Å². The van der Waals surface area contributed by atoms with Crippen LogP contribution in [0.1, 0.15) is 34.1 Å². The zero-order valence-corrected chi connectivity index (χ0v) is 8.96. The zero-order chi connectivity index (χ0) is 10.1. The van der Waals surface area contributed by atoms with Crippen LogP contribution < -0.4 is 0 Å². The van der Waals surface area contributed by atoms with Crippen molar-refractivity contribution in [2.45, 2.75) is 45.3 Å². The van der Waals surface area contributed by atoms with Crippen molar-refractivity contribution < 1.29 is 9.31 Å². The van der Waals surface area contributed by atoms with E-state index in [1.165, 1.54) is 0 Å². The van der Waals surface area contributed by atoms with E-state index in [9.17, 15) is 0 Å². The van der Waals surface area contributed by atoms with Crippen LogP contribution in [0, 0.1) is 6.92 Å². The molecular weight excluding hydrogens is 163 g/mol. The zero-order valence-electron chi connectivity index (χ0n) is 8.96. The maximum atomic E-state index is 5.69. The molecular formula is C10H18BO2+. The lowest BCUT2D eigenvalue weighted by Gasteiger charge is -2.25. The molecule has 0 bridgehead atoms. The Bertz CT molecular complexity index is 193. The van der Waals surface area contributed by atoms with Gasteiger partial charge in [0.1, 0.15) is 5.60 Å². The molecule has 1 unspecified atom stereocenters. The van der Waals surface area contributed by atoms with Crippen molar-refractivity contribution in [2.75, 3.05) is 0 Å². The van der Waals surface area contributed by atoms with Gasteiger partial charge in [-0.25, -0.2) is 0 Å². The molecule has 1 fully saturated rings. The molecule has 2 nitrogen and oxygen atoms in total. The summed E-state index contributed by atoms with van der Waals surface area (Å²) in [5.41, 5.74) is -0.786. The lowest BCUT2D eigenvalue weighted by Crippen LogP contribution is -2.42. The summed E-state index contributed by atoms with van der Waals surface area (Å²) in [6.45, 7) is 12.0. The number of allylic oxidation sites excluding steroid dienone is 1. The highest BCUT2D eigenvalue weighted by Crippen LogP contribution is 2.36. The molecule has 0 aliphatic carbocycles. The van der Waals surface area contributed by atoms with Gasteiger partial charge in [0.05, 0.1) is 6.92 Å². The molecule has 13 heavy (non-hydrogen) atoms. The van der Waals surface area contributed by atoms with Crippen molar-refractivity contribution in [3.8, 4) is 0 Å². The smallest absolute Gasteiger partial charge is 0.395 e. The first-order valence-corrected chi connectivity index (χ1v) is 4.77. The van der Waals surface area contributed by atoms with Crippen LogP contribution in [0.4, 0.5) is 0 Å². The van der Waals surface area contributed by atoms with Gasteiger partial charge in [0.25, 0.3) is 0 Å². The van der Waals surface area contributed by atoms with Crippen LogP contribution in [-0.4, -0.2) is 18.3 Å². The van der Waals surface area contributed by atoms with Gasteiger partial charge in [-0.3, -0.25) is 0 Å². The molecule has 0 saturated carbocycles. The van der Waals surface area contributed by atoms with Crippen molar-refractivity contribution in [1.82, 2.24) is 0 Å². The lowest BCUT2D eigenvalue weighted by molar-refractivity contribution is 0.0262. The van der Waals surface area contributed by atoms with Gasteiger partial charge in [0, 0.05) is 6.92 Å². The van der Waals surface area contributed by atoms with Crippen LogP contribution in [0.15, 0.2) is 12.1 Å². The van der Waals surface area contributed by atoms with Gasteiger partial charge in [-0.2, -0.15) is 0 Å². The Labute approximate surface area is 81.4 Å². The lowest BCUT2D eigenvalue weighted by atomic mass is 9.90. The van der Waals surface area contributed by atoms with E-state index in [2.05, 4.69) is 13.8 Å². The van der Waals surface area contributed by atoms with E-state index in [-0.39, 0.29) is 12.7 Å². The second-order valence-electron chi connectivity index (χ2n) is 4.18. The number of rotatable bonds is 2. The Morgan fingerprint density at radius 1 is 1.31 bits per heavy atom. The van der Waals surface area contributed by atoms with E-state index in [0.717, 1.165) is 6.42 Å². The van der Waals surface area contributed by atoms with Gasteiger partial charge in [-0.05, 0) is 20.3 Å². The highest BCUT2D eigenvalue weighted by Gasteiger charge is 2.55. The molecule has 0 amide bonds. The minimum atomic E-state index is -0.463. The molecule has 0 spiro atoms. The fourth-order valence-corrected chi connectivity index (χ4v) is 1.16. The predicted octanol–water partition coefficient (Wildman–Crippen LogP) is 2.40. The van der Waals surface area contributed by atoms with Crippen molar-refractivity contribution in [3.05, 3.63) is 19.0 Å². The summed E-state index contributed by atoms with van der Waals surface area (Å²) < 4.78 is 11.3. The second-order valence-corrected chi connectivity index (χ2v) is 4.18. The molecule has 0 aromatic carbocycles. The number of hydrogen-bond donors (Lipinski definition) is 0. The quantitative estimate of drug-likeness (QED) is 0.481. The van der Waals surface area contributed by atoms with E-state index in [4.69, 9.17) is 9.31 Å². The molecule has 1 aliphatic rings. The molecule has 3 heteroatoms. The molecule has 0 aromatic heterocycles. The molecule has 0 radical (unpaired) electrons. The summed E-state index contributed by atoms with van der Waals surface area (Å²) in [6.07, 6.45) is 3.04. The van der Waals surface area contributed by atoms with Crippen LogP contribution >= 0.6 is 0 Å². The normalized spacial score (nSPS) is 33.1. The summed E-state index contributed by atoms with van der Waals surface area (Å²) in [4.78, 5) is 0. The third kappa shape index (κ3) is 2.09. The first kappa shape index (κ1) is 10.7. The molecule has 1 heterocycles. The monoisotopic (exact) mass is 181 g/mol. The van der Waals surface area contributed by atoms with Crippen LogP contribution in [0.5, 0.6) is 0 Å². The van der Waals surface area contributed by atoms with E-state index in [1.807, 2.05) is 32.8 Å². The van der Waals surface area contributed by atoms with Gasteiger partial charge in [-0.1, -0.05) is 19.0 Å². The molecule has 0 aromatic rings. The van der Waals surface area contributed by atoms with E-state index >= 15 is 0 Å². The maximum absolute atomic E-state index is 5.69. The van der Waals surface area contributed by atoms with Gasteiger partial charge in [-0.15, -0.1) is 0 Å². The van der Waals surface area contributed by atoms with Crippen molar-refractivity contribution in [3.63, 3.8) is 0 Å². The Morgan fingerprint density at radius 3 is 2.31 bits per heavy atom. The molecule has 1 rings (SSSR count). The summed E-state index contributed by atoms with van der Waals surface area (Å²) >= 11 is 0. The minimum Gasteiger partial charge on any atom is -0.395 e. The highest BCUT2D eigenvalue weighted by molar-refractivity contribution is 6.51. The standard InChI is InChI=1S/C10H18BO2/c1-6-7-8-11-12-9(2,3)10(4,5)13-11/h7-8H,2,6H2,1,3-5H3/q+1/b8-7+. The second kappa shape index (κ2) is 3.39. The van der Waals surface area contributed by atoms with Crippen LogP contribution in [-0.2, 0) is 9.31 Å². The molecule has 72 valence electrons. The summed E-state index contributed by atoms with van der Waals surface area (Å²) in [7, 11) is -0.238. The maximum Gasteiger partial charge on any atom is 0.489 e. The number of hydrogen-bond acceptors (Lipinski definition) is 2. The van der Waals surface area contributed by atoms with Crippen molar-refractivity contribution >= 4 is 7.12 Å². The predicted molar refractivity (Wildman–Crippen MR) is 55.2 cm³/mol. The Hall–Kier alpha value is -0.405. The first-order chi connectivity index (χ1) is 5.89. The SMILES string of the molecule is [CH2+]C1(C)OB(/C=C/CC)OC1(C)C. The van der Waals surface area contributed by atoms with Gasteiger partial charge in [0.2, 0.25) is 5.60 Å². The molecule has 0 N–H and O–H groups in total. The van der Waals surface area contributed by atoms with E-state index in [1.54, 1.807) is 0 Å². The molecule has 1 aliphatic heterocycles. The van der Waals surface area contributed by atoms with Gasteiger partial charge < -0.3 is 9.31 Å². The Kier molecular flexibility index (Phi) is 2.78. The van der Waals surface area contributed by atoms with Gasteiger partial charge >= 0.3 is 7.12 Å². The van der Waals surface area contributed by atoms with Crippen LogP contribution in [0.2, 0.25) is 0 Å². The molecule has 1 saturated heterocycles. The van der Waals surface area contributed by atoms with Crippen LogP contribution in [0.25, 0.3) is 0 Å². The third-order valence-corrected chi connectivity index (χ3v) is 2.59. The summed E-state index contributed by atoms with van der Waals surface area (Å²) in [5.74, 6) is 1.94. The fraction of sp³-hybridized carbons (Fsp3) is 0.700. The first-order valence-electron chi connectivity index (χ1n) is 4.77. The highest BCUT2D eigenvalue weighted by atomic mass is 16.7. The largest absolute Gasteiger partial charge is 0.489 e. The van der Waals surface area contributed by atoms with Crippen LogP contribution in [0.3, 0.4) is 0 Å². The molecule has 1 atom stereocenters. The third-order valence-electron chi connectivity index (χ3n) is 2.59. The average Bonchev–Trinajstić information content (AvgIpc) is 2.17. The topological polar surface area (TPSA) is 18.5 Å². The van der Waals surface area contributed by atoms with Crippen molar-refractivity contribution in [1.29, 1.82) is 0 Å². The average molecular weight is 181 g/mol. The Balaban J connectivity index is 2.65. The Morgan fingerprint density at radius 2 is 1.92 bits per heavy atom. The van der Waals surface area contributed by atoms with Crippen molar-refractivity contribution in [2.24, 2.45) is 0 Å². The summed E-state index contributed by atoms with van der Waals surface area (Å²) in [6, 6.07) is 0. The van der Waals surface area contributed by atoms with E-state index < -0.39 is 5.60 Å². The minimum absolute atomic E-state index is 0.238.